The van der Waals surface area contributed by atoms with Crippen LogP contribution in [0.2, 0.25) is 0 Å². The first kappa shape index (κ1) is 15.9. The number of hydrogen-bond donors (Lipinski definition) is 2. The van der Waals surface area contributed by atoms with Crippen molar-refractivity contribution in [2.24, 2.45) is 0 Å². The van der Waals surface area contributed by atoms with Crippen molar-refractivity contribution >= 4 is 0 Å². The first-order valence-corrected chi connectivity index (χ1v) is 7.99. The molecule has 0 amide bonds. The summed E-state index contributed by atoms with van der Waals surface area (Å²) in [5.41, 5.74) is 5.50. The molecule has 1 atom stereocenters. The van der Waals surface area contributed by atoms with Crippen molar-refractivity contribution in [3.05, 3.63) is 57.6 Å². The minimum absolute atomic E-state index is 0.0412. The zero-order valence-electron chi connectivity index (χ0n) is 14.4. The van der Waals surface area contributed by atoms with E-state index in [2.05, 4.69) is 13.8 Å². The Bertz CT molecular complexity index is 758. The average molecular weight is 312 g/mol. The van der Waals surface area contributed by atoms with Crippen LogP contribution in [0.4, 0.5) is 0 Å². The van der Waals surface area contributed by atoms with E-state index < -0.39 is 5.60 Å². The Morgan fingerprint density at radius 2 is 1.61 bits per heavy atom. The van der Waals surface area contributed by atoms with Crippen LogP contribution in [-0.4, -0.2) is 15.8 Å². The molecular formula is C20H24O3. The summed E-state index contributed by atoms with van der Waals surface area (Å²) in [5, 5.41) is 19.7. The summed E-state index contributed by atoms with van der Waals surface area (Å²) in [4.78, 5) is 0. The van der Waals surface area contributed by atoms with Gasteiger partial charge in [-0.2, -0.15) is 0 Å². The van der Waals surface area contributed by atoms with Crippen LogP contribution in [0.25, 0.3) is 0 Å². The largest absolute Gasteiger partial charge is 0.507 e. The standard InChI is InChI=1S/C20H24O3/c1-11-12(2)19-16(13(3)18(11)22)17(20(4,5)23-19)15-8-6-14(10-21)7-9-15/h6-9,17,21-22H,10H2,1-5H3. The van der Waals surface area contributed by atoms with Crippen molar-refractivity contribution in [3.8, 4) is 11.5 Å². The molecule has 1 heterocycles. The lowest BCUT2D eigenvalue weighted by Crippen LogP contribution is -2.31. The quantitative estimate of drug-likeness (QED) is 0.877. The van der Waals surface area contributed by atoms with Crippen LogP contribution in [-0.2, 0) is 6.61 Å². The number of aliphatic hydroxyl groups excluding tert-OH is 1. The Morgan fingerprint density at radius 1 is 1.00 bits per heavy atom. The topological polar surface area (TPSA) is 49.7 Å². The zero-order valence-corrected chi connectivity index (χ0v) is 14.4. The first-order valence-electron chi connectivity index (χ1n) is 7.99. The highest BCUT2D eigenvalue weighted by molar-refractivity contribution is 5.63. The molecule has 0 aromatic heterocycles. The molecule has 0 radical (unpaired) electrons. The van der Waals surface area contributed by atoms with E-state index in [4.69, 9.17) is 4.74 Å². The molecule has 0 aliphatic carbocycles. The molecular weight excluding hydrogens is 288 g/mol. The lowest BCUT2D eigenvalue weighted by molar-refractivity contribution is 0.121. The number of phenols is 1. The van der Waals surface area contributed by atoms with Gasteiger partial charge in [0.25, 0.3) is 0 Å². The van der Waals surface area contributed by atoms with Gasteiger partial charge in [0.1, 0.15) is 17.1 Å². The summed E-state index contributed by atoms with van der Waals surface area (Å²) in [6.45, 7) is 10.1. The van der Waals surface area contributed by atoms with E-state index in [1.165, 1.54) is 0 Å². The number of hydrogen-bond acceptors (Lipinski definition) is 3. The molecule has 3 rings (SSSR count). The lowest BCUT2D eigenvalue weighted by atomic mass is 9.78. The molecule has 0 saturated carbocycles. The number of aromatic hydroxyl groups is 1. The van der Waals surface area contributed by atoms with Crippen molar-refractivity contribution < 1.29 is 14.9 Å². The van der Waals surface area contributed by atoms with Gasteiger partial charge in [0.05, 0.1) is 12.5 Å². The molecule has 2 aromatic carbocycles. The molecule has 0 bridgehead atoms. The maximum absolute atomic E-state index is 10.5. The Kier molecular flexibility index (Phi) is 3.64. The molecule has 3 heteroatoms. The maximum atomic E-state index is 10.5. The van der Waals surface area contributed by atoms with E-state index >= 15 is 0 Å². The van der Waals surface area contributed by atoms with Gasteiger partial charge >= 0.3 is 0 Å². The van der Waals surface area contributed by atoms with Gasteiger partial charge in [0, 0.05) is 5.56 Å². The van der Waals surface area contributed by atoms with Crippen LogP contribution in [0, 0.1) is 20.8 Å². The van der Waals surface area contributed by atoms with Crippen LogP contribution >= 0.6 is 0 Å². The van der Waals surface area contributed by atoms with E-state index in [9.17, 15) is 10.2 Å². The Morgan fingerprint density at radius 3 is 2.17 bits per heavy atom. The van der Waals surface area contributed by atoms with Crippen LogP contribution in [0.3, 0.4) is 0 Å². The molecule has 0 saturated heterocycles. The normalized spacial score (nSPS) is 18.6. The van der Waals surface area contributed by atoms with E-state index in [1.54, 1.807) is 0 Å². The predicted molar refractivity (Wildman–Crippen MR) is 91.2 cm³/mol. The SMILES string of the molecule is Cc1c(C)c2c(c(C)c1O)C(c1ccc(CO)cc1)C(C)(C)O2. The molecule has 1 aliphatic rings. The monoisotopic (exact) mass is 312 g/mol. The van der Waals surface area contributed by atoms with E-state index in [-0.39, 0.29) is 12.5 Å². The summed E-state index contributed by atoms with van der Waals surface area (Å²) < 4.78 is 6.30. The molecule has 1 aliphatic heterocycles. The molecule has 0 fully saturated rings. The van der Waals surface area contributed by atoms with Crippen LogP contribution < -0.4 is 4.74 Å². The van der Waals surface area contributed by atoms with E-state index in [0.717, 1.165) is 39.1 Å². The van der Waals surface area contributed by atoms with Gasteiger partial charge in [0.2, 0.25) is 0 Å². The van der Waals surface area contributed by atoms with E-state index in [0.29, 0.717) is 5.75 Å². The highest BCUT2D eigenvalue weighted by atomic mass is 16.5. The number of fused-ring (bicyclic) bond motifs is 1. The van der Waals surface area contributed by atoms with Gasteiger partial charge in [0.15, 0.2) is 0 Å². The highest BCUT2D eigenvalue weighted by Gasteiger charge is 2.44. The van der Waals surface area contributed by atoms with Crippen LogP contribution in [0.5, 0.6) is 11.5 Å². The molecule has 23 heavy (non-hydrogen) atoms. The summed E-state index contributed by atoms with van der Waals surface area (Å²) in [5.74, 6) is 1.31. The second kappa shape index (κ2) is 5.27. The molecule has 122 valence electrons. The number of ether oxygens (including phenoxy) is 1. The second-order valence-electron chi connectivity index (χ2n) is 7.00. The van der Waals surface area contributed by atoms with Gasteiger partial charge < -0.3 is 14.9 Å². The fraction of sp³-hybridized carbons (Fsp3) is 0.400. The number of rotatable bonds is 2. The van der Waals surface area contributed by atoms with E-state index in [1.807, 2.05) is 45.0 Å². The Labute approximate surface area is 137 Å². The molecule has 2 N–H and O–H groups in total. The van der Waals surface area contributed by atoms with Crippen molar-refractivity contribution in [2.45, 2.75) is 52.7 Å². The summed E-state index contributed by atoms with van der Waals surface area (Å²) in [6, 6.07) is 7.98. The van der Waals surface area contributed by atoms with Gasteiger partial charge in [-0.05, 0) is 62.4 Å². The highest BCUT2D eigenvalue weighted by Crippen LogP contribution is 2.53. The third-order valence-corrected chi connectivity index (χ3v) is 5.11. The first-order chi connectivity index (χ1) is 10.8. The summed E-state index contributed by atoms with van der Waals surface area (Å²) in [6.07, 6.45) is 0. The van der Waals surface area contributed by atoms with Gasteiger partial charge in [-0.3, -0.25) is 0 Å². The number of benzene rings is 2. The summed E-state index contributed by atoms with van der Waals surface area (Å²) >= 11 is 0. The molecule has 2 aromatic rings. The Balaban J connectivity index is 2.23. The average Bonchev–Trinajstić information content (AvgIpc) is 2.82. The minimum atomic E-state index is -0.390. The third kappa shape index (κ3) is 2.31. The third-order valence-electron chi connectivity index (χ3n) is 5.11. The van der Waals surface area contributed by atoms with Gasteiger partial charge in [-0.1, -0.05) is 24.3 Å². The lowest BCUT2D eigenvalue weighted by Gasteiger charge is -2.27. The molecule has 3 nitrogen and oxygen atoms in total. The van der Waals surface area contributed by atoms with Gasteiger partial charge in [-0.25, -0.2) is 0 Å². The minimum Gasteiger partial charge on any atom is -0.507 e. The predicted octanol–water partition coefficient (Wildman–Crippen LogP) is 4.11. The van der Waals surface area contributed by atoms with Crippen LogP contribution in [0.15, 0.2) is 24.3 Å². The maximum Gasteiger partial charge on any atom is 0.127 e. The van der Waals surface area contributed by atoms with Gasteiger partial charge in [-0.15, -0.1) is 0 Å². The summed E-state index contributed by atoms with van der Waals surface area (Å²) in [7, 11) is 0. The van der Waals surface area contributed by atoms with Crippen LogP contribution in [0.1, 0.15) is 53.1 Å². The van der Waals surface area contributed by atoms with Crippen molar-refractivity contribution in [3.63, 3.8) is 0 Å². The number of aliphatic hydroxyl groups is 1. The van der Waals surface area contributed by atoms with Crippen molar-refractivity contribution in [1.29, 1.82) is 0 Å². The fourth-order valence-electron chi connectivity index (χ4n) is 3.66. The van der Waals surface area contributed by atoms with Crippen molar-refractivity contribution in [2.75, 3.05) is 0 Å². The fourth-order valence-corrected chi connectivity index (χ4v) is 3.66. The smallest absolute Gasteiger partial charge is 0.127 e. The van der Waals surface area contributed by atoms with Crippen molar-refractivity contribution in [1.82, 2.24) is 0 Å². The number of phenolic OH excluding ortho intramolecular Hbond substituents is 1. The zero-order chi connectivity index (χ0) is 16.9. The molecule has 0 spiro atoms. The second-order valence-corrected chi connectivity index (χ2v) is 7.00. The Hall–Kier alpha value is -2.00. The molecule has 1 unspecified atom stereocenters.